The van der Waals surface area contributed by atoms with E-state index < -0.39 is 0 Å². The molecule has 1 saturated carbocycles. The lowest BCUT2D eigenvalue weighted by Crippen LogP contribution is -2.43. The molecule has 2 fully saturated rings. The lowest BCUT2D eigenvalue weighted by molar-refractivity contribution is 0.0608. The average molecular weight is 197 g/mol. The summed E-state index contributed by atoms with van der Waals surface area (Å²) in [6, 6.07) is 1.22. The fraction of sp³-hybridized carbons (Fsp3) is 1.00. The molecule has 0 aromatic heterocycles. The fourth-order valence-corrected chi connectivity index (χ4v) is 3.30. The van der Waals surface area contributed by atoms with Gasteiger partial charge in [0, 0.05) is 18.6 Å². The van der Waals surface area contributed by atoms with Crippen LogP contribution in [0.3, 0.4) is 0 Å². The maximum atomic E-state index is 9.91. The maximum Gasteiger partial charge on any atom is 0.0695 e. The van der Waals surface area contributed by atoms with Crippen molar-refractivity contribution in [3.05, 3.63) is 0 Å². The minimum Gasteiger partial charge on any atom is -0.391 e. The molecule has 1 saturated heterocycles. The molecule has 2 rings (SSSR count). The Labute approximate surface area is 87.3 Å². The van der Waals surface area contributed by atoms with E-state index in [1.54, 1.807) is 0 Å². The molecule has 0 aromatic rings. The third kappa shape index (κ3) is 1.82. The molecule has 4 atom stereocenters. The molecule has 0 radical (unpaired) electrons. The Kier molecular flexibility index (Phi) is 3.13. The molecule has 2 heteroatoms. The highest BCUT2D eigenvalue weighted by atomic mass is 16.3. The Hall–Kier alpha value is -0.0800. The minimum absolute atomic E-state index is 0.0469. The number of likely N-dealkylation sites (tertiary alicyclic amines) is 1. The molecule has 1 heterocycles. The second kappa shape index (κ2) is 4.19. The number of hydrogen-bond acceptors (Lipinski definition) is 2. The zero-order valence-electron chi connectivity index (χ0n) is 9.45. The van der Waals surface area contributed by atoms with E-state index in [1.807, 2.05) is 0 Å². The summed E-state index contributed by atoms with van der Waals surface area (Å²) in [6.45, 7) is 5.82. The van der Waals surface area contributed by atoms with E-state index in [0.29, 0.717) is 6.04 Å². The molecule has 4 unspecified atom stereocenters. The molecule has 0 bridgehead atoms. The van der Waals surface area contributed by atoms with Gasteiger partial charge in [-0.2, -0.15) is 0 Å². The summed E-state index contributed by atoms with van der Waals surface area (Å²) in [7, 11) is 0. The largest absolute Gasteiger partial charge is 0.391 e. The summed E-state index contributed by atoms with van der Waals surface area (Å²) in [5, 5.41) is 9.91. The van der Waals surface area contributed by atoms with Crippen molar-refractivity contribution in [3.63, 3.8) is 0 Å². The van der Waals surface area contributed by atoms with E-state index in [1.165, 1.54) is 32.2 Å². The van der Waals surface area contributed by atoms with Crippen molar-refractivity contribution in [3.8, 4) is 0 Å². The molecule has 1 N–H and O–H groups in total. The zero-order chi connectivity index (χ0) is 10.1. The van der Waals surface area contributed by atoms with E-state index in [4.69, 9.17) is 0 Å². The molecule has 2 nitrogen and oxygen atoms in total. The third-order valence-electron chi connectivity index (χ3n) is 4.01. The topological polar surface area (TPSA) is 23.5 Å². The van der Waals surface area contributed by atoms with Gasteiger partial charge in [0.15, 0.2) is 0 Å². The molecule has 1 aliphatic carbocycles. The standard InChI is InChI=1S/C12H23NO/c1-3-10-7-9(2)8-13(10)11-5-4-6-12(11)14/h9-12,14H,3-8H2,1-2H3. The maximum absolute atomic E-state index is 9.91. The molecule has 14 heavy (non-hydrogen) atoms. The molecule has 2 aliphatic rings. The van der Waals surface area contributed by atoms with E-state index in [2.05, 4.69) is 18.7 Å². The Morgan fingerprint density at radius 3 is 2.71 bits per heavy atom. The molecule has 0 aromatic carbocycles. The average Bonchev–Trinajstić information content (AvgIpc) is 2.71. The lowest BCUT2D eigenvalue weighted by atomic mass is 10.1. The first-order valence-corrected chi connectivity index (χ1v) is 6.16. The van der Waals surface area contributed by atoms with Crippen LogP contribution in [0, 0.1) is 5.92 Å². The van der Waals surface area contributed by atoms with Crippen LogP contribution < -0.4 is 0 Å². The fourth-order valence-electron chi connectivity index (χ4n) is 3.30. The second-order valence-corrected chi connectivity index (χ2v) is 5.17. The van der Waals surface area contributed by atoms with Gasteiger partial charge >= 0.3 is 0 Å². The lowest BCUT2D eigenvalue weighted by Gasteiger charge is -2.32. The normalized spacial score (nSPS) is 44.8. The summed E-state index contributed by atoms with van der Waals surface area (Å²) in [5.41, 5.74) is 0. The van der Waals surface area contributed by atoms with Crippen molar-refractivity contribution < 1.29 is 5.11 Å². The predicted octanol–water partition coefficient (Wildman–Crippen LogP) is 2.02. The van der Waals surface area contributed by atoms with Gasteiger partial charge < -0.3 is 5.11 Å². The SMILES string of the molecule is CCC1CC(C)CN1C1CCCC1O. The Morgan fingerprint density at radius 2 is 2.14 bits per heavy atom. The van der Waals surface area contributed by atoms with Crippen molar-refractivity contribution >= 4 is 0 Å². The Bertz CT molecular complexity index is 195. The highest BCUT2D eigenvalue weighted by Crippen LogP contribution is 2.33. The van der Waals surface area contributed by atoms with Crippen molar-refractivity contribution in [2.75, 3.05) is 6.54 Å². The molecule has 0 amide bonds. The van der Waals surface area contributed by atoms with Crippen LogP contribution in [-0.4, -0.2) is 34.7 Å². The van der Waals surface area contributed by atoms with Crippen LogP contribution in [0.1, 0.15) is 46.0 Å². The number of hydrogen-bond donors (Lipinski definition) is 1. The smallest absolute Gasteiger partial charge is 0.0695 e. The number of rotatable bonds is 2. The van der Waals surface area contributed by atoms with Crippen LogP contribution in [0.15, 0.2) is 0 Å². The predicted molar refractivity (Wildman–Crippen MR) is 58.2 cm³/mol. The van der Waals surface area contributed by atoms with Gasteiger partial charge in [0.25, 0.3) is 0 Å². The van der Waals surface area contributed by atoms with Crippen LogP contribution >= 0.6 is 0 Å². The van der Waals surface area contributed by atoms with Crippen molar-refractivity contribution in [2.45, 2.75) is 64.1 Å². The summed E-state index contributed by atoms with van der Waals surface area (Å²) in [6.07, 6.45) is 5.98. The van der Waals surface area contributed by atoms with Gasteiger partial charge in [-0.15, -0.1) is 0 Å². The van der Waals surface area contributed by atoms with Crippen molar-refractivity contribution in [2.24, 2.45) is 5.92 Å². The first kappa shape index (κ1) is 10.4. The zero-order valence-corrected chi connectivity index (χ0v) is 9.45. The van der Waals surface area contributed by atoms with Gasteiger partial charge in [0.05, 0.1) is 6.10 Å². The number of aliphatic hydroxyl groups excluding tert-OH is 1. The number of aliphatic hydroxyl groups is 1. The van der Waals surface area contributed by atoms with Crippen molar-refractivity contribution in [1.29, 1.82) is 0 Å². The second-order valence-electron chi connectivity index (χ2n) is 5.17. The Balaban J connectivity index is 2.01. The van der Waals surface area contributed by atoms with E-state index in [-0.39, 0.29) is 6.10 Å². The monoisotopic (exact) mass is 197 g/mol. The summed E-state index contributed by atoms with van der Waals surface area (Å²) in [4.78, 5) is 2.59. The van der Waals surface area contributed by atoms with Crippen molar-refractivity contribution in [1.82, 2.24) is 4.90 Å². The first-order valence-electron chi connectivity index (χ1n) is 6.16. The van der Waals surface area contributed by atoms with Crippen LogP contribution in [0.2, 0.25) is 0 Å². The molecule has 0 spiro atoms. The molecular weight excluding hydrogens is 174 g/mol. The summed E-state index contributed by atoms with van der Waals surface area (Å²) >= 11 is 0. The third-order valence-corrected chi connectivity index (χ3v) is 4.01. The van der Waals surface area contributed by atoms with E-state index >= 15 is 0 Å². The van der Waals surface area contributed by atoms with Crippen LogP contribution in [0.5, 0.6) is 0 Å². The molecule has 1 aliphatic heterocycles. The highest BCUT2D eigenvalue weighted by Gasteiger charge is 2.38. The first-order chi connectivity index (χ1) is 6.72. The van der Waals surface area contributed by atoms with Crippen LogP contribution in [-0.2, 0) is 0 Å². The van der Waals surface area contributed by atoms with E-state index in [0.717, 1.165) is 18.4 Å². The minimum atomic E-state index is -0.0469. The van der Waals surface area contributed by atoms with Gasteiger partial charge in [-0.3, -0.25) is 4.90 Å². The van der Waals surface area contributed by atoms with Gasteiger partial charge in [-0.1, -0.05) is 13.8 Å². The summed E-state index contributed by atoms with van der Waals surface area (Å²) in [5.74, 6) is 0.827. The Morgan fingerprint density at radius 1 is 1.36 bits per heavy atom. The van der Waals surface area contributed by atoms with Gasteiger partial charge in [-0.25, -0.2) is 0 Å². The quantitative estimate of drug-likeness (QED) is 0.732. The number of nitrogens with zero attached hydrogens (tertiary/aromatic N) is 1. The molecular formula is C12H23NO. The van der Waals surface area contributed by atoms with Crippen LogP contribution in [0.4, 0.5) is 0 Å². The van der Waals surface area contributed by atoms with Crippen LogP contribution in [0.25, 0.3) is 0 Å². The van der Waals surface area contributed by atoms with Gasteiger partial charge in [0.1, 0.15) is 0 Å². The van der Waals surface area contributed by atoms with Gasteiger partial charge in [0.2, 0.25) is 0 Å². The van der Waals surface area contributed by atoms with E-state index in [9.17, 15) is 5.11 Å². The van der Waals surface area contributed by atoms with Gasteiger partial charge in [-0.05, 0) is 38.0 Å². The highest BCUT2D eigenvalue weighted by molar-refractivity contribution is 4.93. The molecule has 82 valence electrons. The summed E-state index contributed by atoms with van der Waals surface area (Å²) < 4.78 is 0.